The molecule has 3 nitrogen and oxygen atoms in total. The zero-order valence-corrected chi connectivity index (χ0v) is 9.33. The summed E-state index contributed by atoms with van der Waals surface area (Å²) in [6.45, 7) is 1.84. The molecule has 0 amide bonds. The van der Waals surface area contributed by atoms with Gasteiger partial charge in [-0.3, -0.25) is 0 Å². The molecule has 0 bridgehead atoms. The second-order valence-electron chi connectivity index (χ2n) is 3.86. The Kier molecular flexibility index (Phi) is 3.74. The van der Waals surface area contributed by atoms with E-state index in [2.05, 4.69) is 5.32 Å². The second kappa shape index (κ2) is 5.27. The van der Waals surface area contributed by atoms with Gasteiger partial charge < -0.3 is 14.8 Å². The van der Waals surface area contributed by atoms with Crippen LogP contribution in [0.5, 0.6) is 5.75 Å². The van der Waals surface area contributed by atoms with Crippen molar-refractivity contribution in [1.82, 2.24) is 5.32 Å². The fraction of sp³-hybridized carbons (Fsp3) is 0.500. The Morgan fingerprint density at radius 2 is 2.44 bits per heavy atom. The Bertz CT molecular complexity index is 351. The van der Waals surface area contributed by atoms with Crippen LogP contribution in [0, 0.1) is 5.82 Å². The van der Waals surface area contributed by atoms with Crippen LogP contribution in [0.1, 0.15) is 12.0 Å². The third-order valence-corrected chi connectivity index (χ3v) is 2.59. The summed E-state index contributed by atoms with van der Waals surface area (Å²) >= 11 is 0. The molecule has 1 N–H and O–H groups in total. The molecule has 0 aromatic heterocycles. The van der Waals surface area contributed by atoms with Crippen LogP contribution < -0.4 is 10.1 Å². The van der Waals surface area contributed by atoms with E-state index in [9.17, 15) is 4.39 Å². The first-order valence-electron chi connectivity index (χ1n) is 5.47. The first kappa shape index (κ1) is 11.4. The molecule has 2 rings (SSSR count). The Morgan fingerprint density at radius 1 is 1.56 bits per heavy atom. The zero-order chi connectivity index (χ0) is 11.4. The van der Waals surface area contributed by atoms with Crippen LogP contribution in [0.4, 0.5) is 4.39 Å². The average molecular weight is 225 g/mol. The zero-order valence-electron chi connectivity index (χ0n) is 9.33. The van der Waals surface area contributed by atoms with E-state index in [4.69, 9.17) is 9.47 Å². The summed E-state index contributed by atoms with van der Waals surface area (Å²) in [6, 6.07) is 4.98. The van der Waals surface area contributed by atoms with Gasteiger partial charge in [-0.05, 0) is 13.1 Å². The van der Waals surface area contributed by atoms with E-state index < -0.39 is 0 Å². The van der Waals surface area contributed by atoms with Gasteiger partial charge in [0.05, 0.1) is 13.2 Å². The smallest absolute Gasteiger partial charge is 0.165 e. The number of nitrogens with one attached hydrogen (secondary N) is 1. The van der Waals surface area contributed by atoms with Crippen LogP contribution in [0.25, 0.3) is 0 Å². The molecule has 16 heavy (non-hydrogen) atoms. The molecule has 0 saturated carbocycles. The third kappa shape index (κ3) is 2.51. The first-order chi connectivity index (χ1) is 7.81. The lowest BCUT2D eigenvalue weighted by Gasteiger charge is -2.16. The molecule has 1 aromatic rings. The lowest BCUT2D eigenvalue weighted by atomic mass is 10.2. The Hall–Kier alpha value is -1.13. The molecule has 88 valence electrons. The van der Waals surface area contributed by atoms with Crippen molar-refractivity contribution in [2.75, 3.05) is 20.3 Å². The van der Waals surface area contributed by atoms with Gasteiger partial charge in [-0.25, -0.2) is 4.39 Å². The second-order valence-corrected chi connectivity index (χ2v) is 3.86. The summed E-state index contributed by atoms with van der Waals surface area (Å²) in [4.78, 5) is 0. The molecule has 1 atom stereocenters. The highest BCUT2D eigenvalue weighted by atomic mass is 19.1. The molecule has 0 spiro atoms. The SMILES string of the molecule is CNCc1cccc(F)c1OC1CCOC1. The van der Waals surface area contributed by atoms with E-state index in [1.165, 1.54) is 6.07 Å². The summed E-state index contributed by atoms with van der Waals surface area (Å²) in [7, 11) is 1.83. The van der Waals surface area contributed by atoms with Crippen molar-refractivity contribution < 1.29 is 13.9 Å². The molecule has 1 saturated heterocycles. The number of para-hydroxylation sites is 1. The van der Waals surface area contributed by atoms with Gasteiger partial charge in [-0.2, -0.15) is 0 Å². The molecule has 1 heterocycles. The van der Waals surface area contributed by atoms with Gasteiger partial charge in [0.15, 0.2) is 11.6 Å². The van der Waals surface area contributed by atoms with Crippen molar-refractivity contribution in [1.29, 1.82) is 0 Å². The molecular formula is C12H16FNO2. The van der Waals surface area contributed by atoms with Gasteiger partial charge in [-0.1, -0.05) is 12.1 Å². The normalized spacial score (nSPS) is 20.0. The monoisotopic (exact) mass is 225 g/mol. The quantitative estimate of drug-likeness (QED) is 0.846. The van der Waals surface area contributed by atoms with E-state index in [1.54, 1.807) is 6.07 Å². The topological polar surface area (TPSA) is 30.5 Å². The van der Waals surface area contributed by atoms with Crippen molar-refractivity contribution in [3.05, 3.63) is 29.6 Å². The molecule has 0 radical (unpaired) electrons. The van der Waals surface area contributed by atoms with Gasteiger partial charge in [0, 0.05) is 18.5 Å². The number of hydrogen-bond acceptors (Lipinski definition) is 3. The minimum absolute atomic E-state index is 0.0208. The standard InChI is InChI=1S/C12H16FNO2/c1-14-7-9-3-2-4-11(13)12(9)16-10-5-6-15-8-10/h2-4,10,14H,5-8H2,1H3. The number of halogens is 1. The number of benzene rings is 1. The molecule has 1 unspecified atom stereocenters. The number of hydrogen-bond donors (Lipinski definition) is 1. The van der Waals surface area contributed by atoms with Crippen LogP contribution in [0.2, 0.25) is 0 Å². The van der Waals surface area contributed by atoms with Crippen LogP contribution in [-0.4, -0.2) is 26.4 Å². The molecule has 1 aromatic carbocycles. The fourth-order valence-corrected chi connectivity index (χ4v) is 1.79. The van der Waals surface area contributed by atoms with E-state index in [0.717, 1.165) is 12.0 Å². The lowest BCUT2D eigenvalue weighted by Crippen LogP contribution is -2.18. The predicted molar refractivity (Wildman–Crippen MR) is 59.0 cm³/mol. The predicted octanol–water partition coefficient (Wildman–Crippen LogP) is 1.71. The average Bonchev–Trinajstić information content (AvgIpc) is 2.76. The van der Waals surface area contributed by atoms with Gasteiger partial charge in [-0.15, -0.1) is 0 Å². The highest BCUT2D eigenvalue weighted by Crippen LogP contribution is 2.25. The number of rotatable bonds is 4. The van der Waals surface area contributed by atoms with Crippen LogP contribution in [0.3, 0.4) is 0 Å². The van der Waals surface area contributed by atoms with Crippen LogP contribution >= 0.6 is 0 Å². The Balaban J connectivity index is 2.16. The van der Waals surface area contributed by atoms with Gasteiger partial charge in [0.1, 0.15) is 6.10 Å². The minimum atomic E-state index is -0.306. The molecule has 1 fully saturated rings. The molecule has 4 heteroatoms. The Labute approximate surface area is 94.6 Å². The van der Waals surface area contributed by atoms with E-state index in [-0.39, 0.29) is 11.9 Å². The van der Waals surface area contributed by atoms with Crippen molar-refractivity contribution >= 4 is 0 Å². The maximum Gasteiger partial charge on any atom is 0.165 e. The van der Waals surface area contributed by atoms with Gasteiger partial charge >= 0.3 is 0 Å². The minimum Gasteiger partial charge on any atom is -0.485 e. The van der Waals surface area contributed by atoms with Crippen molar-refractivity contribution in [2.45, 2.75) is 19.1 Å². The van der Waals surface area contributed by atoms with E-state index in [1.807, 2.05) is 13.1 Å². The molecule has 1 aliphatic heterocycles. The summed E-state index contributed by atoms with van der Waals surface area (Å²) in [6.07, 6.45) is 0.806. The van der Waals surface area contributed by atoms with Crippen molar-refractivity contribution in [3.8, 4) is 5.75 Å². The first-order valence-corrected chi connectivity index (χ1v) is 5.47. The lowest BCUT2D eigenvalue weighted by molar-refractivity contribution is 0.137. The maximum absolute atomic E-state index is 13.6. The van der Waals surface area contributed by atoms with Crippen molar-refractivity contribution in [2.24, 2.45) is 0 Å². The van der Waals surface area contributed by atoms with Crippen LogP contribution in [-0.2, 0) is 11.3 Å². The molecule has 0 aliphatic carbocycles. The van der Waals surface area contributed by atoms with E-state index in [0.29, 0.717) is 25.5 Å². The fourth-order valence-electron chi connectivity index (χ4n) is 1.79. The summed E-state index contributed by atoms with van der Waals surface area (Å²) in [5.41, 5.74) is 0.842. The molecule has 1 aliphatic rings. The highest BCUT2D eigenvalue weighted by molar-refractivity contribution is 5.35. The maximum atomic E-state index is 13.6. The summed E-state index contributed by atoms with van der Waals surface area (Å²) < 4.78 is 24.5. The summed E-state index contributed by atoms with van der Waals surface area (Å²) in [5, 5.41) is 3.00. The van der Waals surface area contributed by atoms with Crippen LogP contribution in [0.15, 0.2) is 18.2 Å². The van der Waals surface area contributed by atoms with Gasteiger partial charge in [0.25, 0.3) is 0 Å². The van der Waals surface area contributed by atoms with E-state index >= 15 is 0 Å². The van der Waals surface area contributed by atoms with Crippen molar-refractivity contribution in [3.63, 3.8) is 0 Å². The Morgan fingerprint density at radius 3 is 3.12 bits per heavy atom. The summed E-state index contributed by atoms with van der Waals surface area (Å²) in [5.74, 6) is 0.0481. The number of ether oxygens (including phenoxy) is 2. The van der Waals surface area contributed by atoms with Gasteiger partial charge in [0.2, 0.25) is 0 Å². The highest BCUT2D eigenvalue weighted by Gasteiger charge is 2.20. The largest absolute Gasteiger partial charge is 0.485 e. The molecular weight excluding hydrogens is 209 g/mol. The third-order valence-electron chi connectivity index (χ3n) is 2.59.